The Hall–Kier alpha value is -1.68. The number of aromatic hydroxyl groups is 1. The summed E-state index contributed by atoms with van der Waals surface area (Å²) in [5.74, 6) is 0.497. The topological polar surface area (TPSA) is 50.2 Å². The summed E-state index contributed by atoms with van der Waals surface area (Å²) in [6.45, 7) is 0. The molecule has 0 radical (unpaired) electrons. The monoisotopic (exact) mass is 233 g/mol. The van der Waals surface area contributed by atoms with E-state index in [1.807, 2.05) is 18.2 Å². The van der Waals surface area contributed by atoms with Gasteiger partial charge in [0.25, 0.3) is 0 Å². The van der Waals surface area contributed by atoms with Crippen molar-refractivity contribution < 1.29 is 9.32 Å². The van der Waals surface area contributed by atoms with Gasteiger partial charge in [0.2, 0.25) is 0 Å². The van der Waals surface area contributed by atoms with E-state index in [-0.39, 0.29) is 5.75 Å². The number of aromatic nitrogens is 1. The van der Waals surface area contributed by atoms with Crippen molar-refractivity contribution >= 4 is 10.8 Å². The highest BCUT2D eigenvalue weighted by Crippen LogP contribution is 2.16. The molecule has 0 amide bonds. The Kier molecular flexibility index (Phi) is 3.31. The van der Waals surface area contributed by atoms with Crippen LogP contribution < -0.4 is 0 Å². The number of hydrogen-bond acceptors (Lipinski definition) is 3. The maximum absolute atomic E-state index is 11.9. The molecule has 1 atom stereocenters. The second kappa shape index (κ2) is 4.90. The normalized spacial score (nSPS) is 12.2. The summed E-state index contributed by atoms with van der Waals surface area (Å²) < 4.78 is 11.9. The number of benzene rings is 1. The fourth-order valence-electron chi connectivity index (χ4n) is 1.33. The van der Waals surface area contributed by atoms with Gasteiger partial charge in [0, 0.05) is 11.1 Å². The number of nitrogens with zero attached hydrogens (tertiary/aromatic N) is 1. The molecular formula is C12H11NO2S. The van der Waals surface area contributed by atoms with E-state index in [9.17, 15) is 9.32 Å². The molecule has 4 heteroatoms. The largest absolute Gasteiger partial charge is 0.508 e. The van der Waals surface area contributed by atoms with E-state index in [1.54, 1.807) is 24.4 Å². The molecule has 2 aromatic rings. The third-order valence-electron chi connectivity index (χ3n) is 2.09. The molecule has 0 bridgehead atoms. The van der Waals surface area contributed by atoms with E-state index in [1.165, 1.54) is 6.07 Å². The van der Waals surface area contributed by atoms with Crippen LogP contribution in [0.3, 0.4) is 0 Å². The van der Waals surface area contributed by atoms with Crippen molar-refractivity contribution in [2.24, 2.45) is 0 Å². The molecule has 1 N–H and O–H groups in total. The maximum atomic E-state index is 11.9. The van der Waals surface area contributed by atoms with Crippen molar-refractivity contribution in [3.05, 3.63) is 54.4 Å². The summed E-state index contributed by atoms with van der Waals surface area (Å²) in [5.41, 5.74) is 0.782. The summed E-state index contributed by atoms with van der Waals surface area (Å²) in [6, 6.07) is 12.0. The number of hydrogen-bond donors (Lipinski definition) is 1. The Morgan fingerprint density at radius 1 is 1.19 bits per heavy atom. The molecular weight excluding hydrogens is 222 g/mol. The van der Waals surface area contributed by atoms with Crippen LogP contribution in [0.5, 0.6) is 5.75 Å². The number of pyridine rings is 1. The van der Waals surface area contributed by atoms with E-state index in [4.69, 9.17) is 0 Å². The molecule has 82 valence electrons. The molecule has 0 saturated carbocycles. The summed E-state index contributed by atoms with van der Waals surface area (Å²) in [4.78, 5) is 4.73. The lowest BCUT2D eigenvalue weighted by molar-refractivity contribution is 0.473. The van der Waals surface area contributed by atoms with Crippen molar-refractivity contribution in [1.29, 1.82) is 0 Å². The molecule has 1 aromatic heterocycles. The third kappa shape index (κ3) is 2.67. The fourth-order valence-corrected chi connectivity index (χ4v) is 2.41. The first-order chi connectivity index (χ1) is 7.75. The Bertz CT molecular complexity index is 499. The Labute approximate surface area is 96.2 Å². The Morgan fingerprint density at radius 3 is 2.75 bits per heavy atom. The van der Waals surface area contributed by atoms with E-state index in [2.05, 4.69) is 4.98 Å². The van der Waals surface area contributed by atoms with Gasteiger partial charge in [-0.2, -0.15) is 0 Å². The molecule has 3 nitrogen and oxygen atoms in total. The number of rotatable bonds is 3. The van der Waals surface area contributed by atoms with Gasteiger partial charge in [-0.25, -0.2) is 0 Å². The zero-order chi connectivity index (χ0) is 11.4. The molecule has 16 heavy (non-hydrogen) atoms. The first-order valence-electron chi connectivity index (χ1n) is 4.83. The van der Waals surface area contributed by atoms with Crippen LogP contribution in [0.2, 0.25) is 0 Å². The first-order valence-corrected chi connectivity index (χ1v) is 6.15. The highest BCUT2D eigenvalue weighted by atomic mass is 32.2. The predicted molar refractivity (Wildman–Crippen MR) is 62.5 cm³/mol. The second-order valence-corrected chi connectivity index (χ2v) is 4.76. The molecule has 0 aliphatic heterocycles. The van der Waals surface area contributed by atoms with Crippen LogP contribution in [-0.4, -0.2) is 14.3 Å². The standard InChI is InChI=1S/C12H11NO2S/c14-11-5-3-6-12(8-11)16(15)9-10-4-1-2-7-13-10/h1-8,14H,9H2/t16-/m1/s1. The van der Waals surface area contributed by atoms with E-state index in [0.29, 0.717) is 10.6 Å². The van der Waals surface area contributed by atoms with Crippen molar-refractivity contribution in [3.63, 3.8) is 0 Å². The minimum absolute atomic E-state index is 0.131. The lowest BCUT2D eigenvalue weighted by Crippen LogP contribution is -1.97. The van der Waals surface area contributed by atoms with Crippen molar-refractivity contribution in [1.82, 2.24) is 4.98 Å². The number of phenols is 1. The Morgan fingerprint density at radius 2 is 2.06 bits per heavy atom. The van der Waals surface area contributed by atoms with E-state index < -0.39 is 10.8 Å². The molecule has 0 fully saturated rings. The molecule has 1 aromatic carbocycles. The van der Waals surface area contributed by atoms with Crippen LogP contribution in [0.4, 0.5) is 0 Å². The van der Waals surface area contributed by atoms with Gasteiger partial charge in [0.05, 0.1) is 22.2 Å². The van der Waals surface area contributed by atoms with Crippen molar-refractivity contribution in [2.45, 2.75) is 10.6 Å². The van der Waals surface area contributed by atoms with Crippen LogP contribution in [-0.2, 0) is 16.6 Å². The predicted octanol–water partition coefficient (Wildman–Crippen LogP) is 2.09. The molecule has 2 rings (SSSR count). The summed E-state index contributed by atoms with van der Waals surface area (Å²) >= 11 is 0. The third-order valence-corrected chi connectivity index (χ3v) is 3.42. The molecule has 0 aliphatic carbocycles. The van der Waals surface area contributed by atoms with Crippen molar-refractivity contribution in [3.8, 4) is 5.75 Å². The first kappa shape index (κ1) is 10.8. The van der Waals surface area contributed by atoms with Crippen LogP contribution in [0.1, 0.15) is 5.69 Å². The minimum atomic E-state index is -1.17. The van der Waals surface area contributed by atoms with Gasteiger partial charge in [0.15, 0.2) is 0 Å². The van der Waals surface area contributed by atoms with Crippen LogP contribution in [0.15, 0.2) is 53.6 Å². The summed E-state index contributed by atoms with van der Waals surface area (Å²) in [5, 5.41) is 9.28. The lowest BCUT2D eigenvalue weighted by atomic mass is 10.3. The fraction of sp³-hybridized carbons (Fsp3) is 0.0833. The minimum Gasteiger partial charge on any atom is -0.508 e. The lowest BCUT2D eigenvalue weighted by Gasteiger charge is -2.02. The molecule has 1 heterocycles. The average Bonchev–Trinajstić information content (AvgIpc) is 2.30. The maximum Gasteiger partial charge on any atom is 0.116 e. The summed E-state index contributed by atoms with van der Waals surface area (Å²) in [6.07, 6.45) is 1.68. The molecule has 0 spiro atoms. The highest BCUT2D eigenvalue weighted by molar-refractivity contribution is 7.84. The number of phenolic OH excluding ortho intramolecular Hbond substituents is 1. The molecule has 0 aliphatic rings. The van der Waals surface area contributed by atoms with Gasteiger partial charge in [-0.05, 0) is 30.3 Å². The summed E-state index contributed by atoms with van der Waals surface area (Å²) in [7, 11) is -1.17. The zero-order valence-corrected chi connectivity index (χ0v) is 9.35. The van der Waals surface area contributed by atoms with Crippen LogP contribution >= 0.6 is 0 Å². The van der Waals surface area contributed by atoms with Gasteiger partial charge in [-0.1, -0.05) is 12.1 Å². The Balaban J connectivity index is 2.15. The van der Waals surface area contributed by atoms with E-state index >= 15 is 0 Å². The second-order valence-electron chi connectivity index (χ2n) is 3.31. The van der Waals surface area contributed by atoms with Gasteiger partial charge in [0.1, 0.15) is 5.75 Å². The van der Waals surface area contributed by atoms with Gasteiger partial charge in [-0.15, -0.1) is 0 Å². The van der Waals surface area contributed by atoms with E-state index in [0.717, 1.165) is 5.69 Å². The van der Waals surface area contributed by atoms with Gasteiger partial charge < -0.3 is 5.11 Å². The zero-order valence-electron chi connectivity index (χ0n) is 8.54. The molecule has 0 saturated heterocycles. The molecule has 0 unspecified atom stereocenters. The highest BCUT2D eigenvalue weighted by Gasteiger charge is 2.06. The van der Waals surface area contributed by atoms with Crippen LogP contribution in [0.25, 0.3) is 0 Å². The SMILES string of the molecule is O=[S@](Cc1ccccn1)c1cccc(O)c1. The quantitative estimate of drug-likeness (QED) is 0.883. The average molecular weight is 233 g/mol. The van der Waals surface area contributed by atoms with Crippen LogP contribution in [0, 0.1) is 0 Å². The van der Waals surface area contributed by atoms with Gasteiger partial charge >= 0.3 is 0 Å². The van der Waals surface area contributed by atoms with Gasteiger partial charge in [-0.3, -0.25) is 9.19 Å². The van der Waals surface area contributed by atoms with Crippen molar-refractivity contribution in [2.75, 3.05) is 0 Å². The smallest absolute Gasteiger partial charge is 0.116 e.